The lowest BCUT2D eigenvalue weighted by atomic mass is 9.85. The van der Waals surface area contributed by atoms with Crippen LogP contribution in [-0.4, -0.2) is 20.6 Å². The quantitative estimate of drug-likeness (QED) is 0.0579. The van der Waals surface area contributed by atoms with Crippen molar-refractivity contribution in [2.45, 2.75) is 303 Å². The van der Waals surface area contributed by atoms with E-state index >= 15 is 0 Å². The predicted molar refractivity (Wildman–Crippen MR) is 235 cm³/mol. The second-order valence-corrected chi connectivity index (χ2v) is 18.3. The van der Waals surface area contributed by atoms with E-state index in [0.29, 0.717) is 0 Å². The molecule has 4 nitrogen and oxygen atoms in total. The Hall–Kier alpha value is -0.130. The predicted octanol–water partition coefficient (Wildman–Crippen LogP) is 17.5. The van der Waals surface area contributed by atoms with E-state index in [-0.39, 0.29) is 6.61 Å². The zero-order valence-corrected chi connectivity index (χ0v) is 37.8. The van der Waals surface area contributed by atoms with Gasteiger partial charge in [-0.05, 0) is 25.7 Å². The van der Waals surface area contributed by atoms with Crippen LogP contribution in [0.1, 0.15) is 297 Å². The molecular formula is C48H98O4S. The van der Waals surface area contributed by atoms with Crippen LogP contribution in [0.15, 0.2) is 0 Å². The molecule has 0 atom stereocenters. The van der Waals surface area contributed by atoms with Crippen LogP contribution in [0.3, 0.4) is 0 Å². The average Bonchev–Trinajstić information content (AvgIpc) is 3.14. The van der Waals surface area contributed by atoms with E-state index in [1.165, 1.54) is 212 Å². The summed E-state index contributed by atoms with van der Waals surface area (Å²) in [6.45, 7) is 9.37. The van der Waals surface area contributed by atoms with Crippen molar-refractivity contribution in [3.63, 3.8) is 0 Å². The molecule has 0 N–H and O–H groups in total. The molecule has 0 aliphatic carbocycles. The molecule has 0 aliphatic rings. The first kappa shape index (κ1) is 52.9. The average molecular weight is 771 g/mol. The van der Waals surface area contributed by atoms with Crippen LogP contribution in [0.4, 0.5) is 0 Å². The first-order valence-electron chi connectivity index (χ1n) is 24.5. The summed E-state index contributed by atoms with van der Waals surface area (Å²) in [5, 5.41) is 0. The molecule has 0 radical (unpaired) electrons. The Morgan fingerprint density at radius 1 is 0.302 bits per heavy atom. The molecule has 0 rings (SSSR count). The number of hydrogen-bond acceptors (Lipinski definition) is 4. The number of unbranched alkanes of at least 4 members (excludes halogenated alkanes) is 35. The Morgan fingerprint density at radius 2 is 0.509 bits per heavy atom. The highest BCUT2D eigenvalue weighted by molar-refractivity contribution is 7.81. The lowest BCUT2D eigenvalue weighted by molar-refractivity contribution is 0.0218. The molecule has 320 valence electrons. The van der Waals surface area contributed by atoms with E-state index in [0.717, 1.165) is 57.8 Å². The molecule has 0 spiro atoms. The van der Waals surface area contributed by atoms with Gasteiger partial charge in [0.25, 0.3) is 0 Å². The second-order valence-electron chi connectivity index (χ2n) is 17.1. The van der Waals surface area contributed by atoms with Crippen molar-refractivity contribution >= 4 is 10.4 Å². The Balaban J connectivity index is 5.17. The van der Waals surface area contributed by atoms with Crippen LogP contribution < -0.4 is 0 Å². The first-order valence-corrected chi connectivity index (χ1v) is 25.9. The van der Waals surface area contributed by atoms with E-state index in [4.69, 9.17) is 8.37 Å². The van der Waals surface area contributed by atoms with E-state index < -0.39 is 16.0 Å². The highest BCUT2D eigenvalue weighted by Gasteiger charge is 2.36. The Bertz CT molecular complexity index is 773. The van der Waals surface area contributed by atoms with Crippen LogP contribution in [-0.2, 0) is 18.8 Å². The van der Waals surface area contributed by atoms with Gasteiger partial charge in [-0.15, -0.1) is 0 Å². The van der Waals surface area contributed by atoms with Crippen molar-refractivity contribution < 1.29 is 16.8 Å². The van der Waals surface area contributed by atoms with Gasteiger partial charge in [-0.1, -0.05) is 272 Å². The molecule has 0 aromatic heterocycles. The molecule has 0 aromatic carbocycles. The van der Waals surface area contributed by atoms with E-state index in [2.05, 4.69) is 27.7 Å². The largest absolute Gasteiger partial charge is 0.400 e. The van der Waals surface area contributed by atoms with Crippen molar-refractivity contribution in [1.29, 1.82) is 0 Å². The minimum Gasteiger partial charge on any atom is -0.248 e. The van der Waals surface area contributed by atoms with Crippen molar-refractivity contribution in [2.75, 3.05) is 6.61 Å². The van der Waals surface area contributed by atoms with Crippen LogP contribution in [0.2, 0.25) is 0 Å². The summed E-state index contributed by atoms with van der Waals surface area (Å²) >= 11 is 0. The third kappa shape index (κ3) is 38.5. The van der Waals surface area contributed by atoms with Gasteiger partial charge in [-0.2, -0.15) is 8.42 Å². The number of rotatable bonds is 46. The summed E-state index contributed by atoms with van der Waals surface area (Å²) in [5.74, 6) is 0. The van der Waals surface area contributed by atoms with Crippen molar-refractivity contribution in [3.8, 4) is 0 Å². The lowest BCUT2D eigenvalue weighted by Crippen LogP contribution is -2.36. The molecule has 0 saturated heterocycles. The van der Waals surface area contributed by atoms with E-state index in [1.807, 2.05) is 0 Å². The molecule has 0 bridgehead atoms. The third-order valence-electron chi connectivity index (χ3n) is 11.7. The molecule has 0 amide bonds. The monoisotopic (exact) mass is 771 g/mol. The fourth-order valence-electron chi connectivity index (χ4n) is 8.12. The van der Waals surface area contributed by atoms with Gasteiger partial charge in [0, 0.05) is 0 Å². The molecule has 0 unspecified atom stereocenters. The van der Waals surface area contributed by atoms with Gasteiger partial charge >= 0.3 is 10.4 Å². The molecular weight excluding hydrogens is 673 g/mol. The summed E-state index contributed by atoms with van der Waals surface area (Å²) in [5.41, 5.74) is -0.613. The molecule has 5 heteroatoms. The maximum Gasteiger partial charge on any atom is 0.400 e. The van der Waals surface area contributed by atoms with Crippen LogP contribution in [0.5, 0.6) is 0 Å². The third-order valence-corrected chi connectivity index (χ3v) is 12.7. The maximum absolute atomic E-state index is 13.5. The van der Waals surface area contributed by atoms with E-state index in [9.17, 15) is 8.42 Å². The van der Waals surface area contributed by atoms with Gasteiger partial charge in [0.1, 0.15) is 0 Å². The highest BCUT2D eigenvalue weighted by Crippen LogP contribution is 2.35. The summed E-state index contributed by atoms with van der Waals surface area (Å²) in [6, 6.07) is 0. The summed E-state index contributed by atoms with van der Waals surface area (Å²) in [7, 11) is -4.03. The van der Waals surface area contributed by atoms with Crippen LogP contribution in [0.25, 0.3) is 0 Å². The fourth-order valence-corrected chi connectivity index (χ4v) is 9.17. The van der Waals surface area contributed by atoms with Crippen molar-refractivity contribution in [3.05, 3.63) is 0 Å². The topological polar surface area (TPSA) is 52.6 Å². The molecule has 0 heterocycles. The van der Waals surface area contributed by atoms with Crippen LogP contribution in [0, 0.1) is 0 Å². The van der Waals surface area contributed by atoms with Gasteiger partial charge in [-0.3, -0.25) is 0 Å². The lowest BCUT2D eigenvalue weighted by Gasteiger charge is -2.33. The summed E-state index contributed by atoms with van der Waals surface area (Å²) in [4.78, 5) is 0. The Morgan fingerprint density at radius 3 is 0.755 bits per heavy atom. The molecule has 0 aliphatic heterocycles. The van der Waals surface area contributed by atoms with Gasteiger partial charge in [-0.25, -0.2) is 8.37 Å². The Labute approximate surface area is 335 Å². The SMILES string of the molecule is CCCCCCCCCCCCOS(=O)(=O)OC(CCCCCCCCCCC)(CCCCCCCCCCCC)CCCCCCCCCCCC. The summed E-state index contributed by atoms with van der Waals surface area (Å²) in [6.07, 6.45) is 52.1. The maximum atomic E-state index is 13.5. The minimum atomic E-state index is -4.03. The molecule has 0 aromatic rings. The van der Waals surface area contributed by atoms with Crippen LogP contribution >= 0.6 is 0 Å². The first-order chi connectivity index (χ1) is 25.9. The fraction of sp³-hybridized carbons (Fsp3) is 1.00. The van der Waals surface area contributed by atoms with E-state index in [1.54, 1.807) is 0 Å². The standard InChI is InChI=1S/C48H98O4S/c1-5-9-13-17-21-25-29-33-37-41-45-48(44-40-36-32-28-24-20-16-12-8-4,46-42-38-34-30-26-22-18-14-10-6-2)52-53(49,50)51-47-43-39-35-31-27-23-19-15-11-7-3/h5-47H2,1-4H3. The minimum absolute atomic E-state index is 0.253. The normalized spacial score (nSPS) is 12.3. The van der Waals surface area contributed by atoms with Gasteiger partial charge in [0.05, 0.1) is 12.2 Å². The smallest absolute Gasteiger partial charge is 0.248 e. The van der Waals surface area contributed by atoms with Gasteiger partial charge in [0.15, 0.2) is 0 Å². The molecule has 53 heavy (non-hydrogen) atoms. The van der Waals surface area contributed by atoms with Gasteiger partial charge in [0.2, 0.25) is 0 Å². The second kappa shape index (κ2) is 41.5. The molecule has 0 fully saturated rings. The zero-order valence-electron chi connectivity index (χ0n) is 36.9. The van der Waals surface area contributed by atoms with Crippen molar-refractivity contribution in [2.24, 2.45) is 0 Å². The van der Waals surface area contributed by atoms with Crippen molar-refractivity contribution in [1.82, 2.24) is 0 Å². The van der Waals surface area contributed by atoms with Gasteiger partial charge < -0.3 is 0 Å². The Kier molecular flexibility index (Phi) is 41.4. The highest BCUT2D eigenvalue weighted by atomic mass is 32.3. The zero-order chi connectivity index (χ0) is 38.8. The molecule has 0 saturated carbocycles. The summed E-state index contributed by atoms with van der Waals surface area (Å²) < 4.78 is 38.9. The number of hydrogen-bond donors (Lipinski definition) is 0.